The first kappa shape index (κ1) is 22.1. The van der Waals surface area contributed by atoms with Gasteiger partial charge in [0, 0.05) is 40.8 Å². The number of carbonyl (C=O) groups is 1. The number of carbonyl (C=O) groups excluding carboxylic acids is 1. The number of benzene rings is 3. The number of hydrogen-bond donors (Lipinski definition) is 0. The number of halogens is 3. The molecule has 3 nitrogen and oxygen atoms in total. The quantitative estimate of drug-likeness (QED) is 0.237. The standard InChI is InChI=1S/C28H22F3NO2/c1-2-18-20-7-5-8-21(22-13-17(29)14-24(30)27(22)31)28(20)32-15-23(18)25(33)12-16-10-11-34-26-9-4-3-6-19(16)26/h3-9,13-16H,2,10-12H2,1H3. The molecule has 172 valence electrons. The molecule has 0 radical (unpaired) electrons. The molecule has 0 saturated carbocycles. The second kappa shape index (κ2) is 8.93. The minimum atomic E-state index is -1.26. The number of nitrogens with zero attached hydrogens (tertiary/aromatic N) is 1. The van der Waals surface area contributed by atoms with Gasteiger partial charge in [-0.25, -0.2) is 13.2 Å². The maximum atomic E-state index is 14.5. The number of aromatic nitrogens is 1. The van der Waals surface area contributed by atoms with Crippen LogP contribution in [0, 0.1) is 17.5 Å². The van der Waals surface area contributed by atoms with E-state index < -0.39 is 17.5 Å². The van der Waals surface area contributed by atoms with Crippen molar-refractivity contribution in [1.29, 1.82) is 0 Å². The lowest BCUT2D eigenvalue weighted by Gasteiger charge is -2.25. The lowest BCUT2D eigenvalue weighted by molar-refractivity contribution is 0.0965. The molecule has 0 N–H and O–H groups in total. The van der Waals surface area contributed by atoms with Crippen LogP contribution < -0.4 is 4.74 Å². The molecule has 2 heterocycles. The Morgan fingerprint density at radius 2 is 1.88 bits per heavy atom. The van der Waals surface area contributed by atoms with Crippen molar-refractivity contribution in [3.63, 3.8) is 0 Å². The second-order valence-corrected chi connectivity index (χ2v) is 8.45. The van der Waals surface area contributed by atoms with Crippen molar-refractivity contribution >= 4 is 16.7 Å². The van der Waals surface area contributed by atoms with Crippen molar-refractivity contribution in [2.45, 2.75) is 32.1 Å². The highest BCUT2D eigenvalue weighted by Gasteiger charge is 2.26. The fraction of sp³-hybridized carbons (Fsp3) is 0.214. The number of hydrogen-bond acceptors (Lipinski definition) is 3. The van der Waals surface area contributed by atoms with Crippen LogP contribution in [0.5, 0.6) is 5.75 Å². The van der Waals surface area contributed by atoms with Gasteiger partial charge in [-0.3, -0.25) is 9.78 Å². The summed E-state index contributed by atoms with van der Waals surface area (Å²) < 4.78 is 48.0. The Hall–Kier alpha value is -3.67. The molecule has 1 aliphatic rings. The minimum Gasteiger partial charge on any atom is -0.493 e. The summed E-state index contributed by atoms with van der Waals surface area (Å²) in [6.07, 6.45) is 3.13. The number of ether oxygens (including phenoxy) is 1. The second-order valence-electron chi connectivity index (χ2n) is 8.45. The summed E-state index contributed by atoms with van der Waals surface area (Å²) in [4.78, 5) is 17.9. The Morgan fingerprint density at radius 1 is 1.06 bits per heavy atom. The van der Waals surface area contributed by atoms with E-state index in [4.69, 9.17) is 4.74 Å². The Balaban J connectivity index is 1.56. The van der Waals surface area contributed by atoms with Crippen molar-refractivity contribution < 1.29 is 22.7 Å². The molecule has 1 aromatic heterocycles. The van der Waals surface area contributed by atoms with E-state index in [-0.39, 0.29) is 22.8 Å². The van der Waals surface area contributed by atoms with Crippen LogP contribution in [0.4, 0.5) is 13.2 Å². The first-order valence-electron chi connectivity index (χ1n) is 11.3. The van der Waals surface area contributed by atoms with Crippen LogP contribution in [0.25, 0.3) is 22.0 Å². The molecule has 0 saturated heterocycles. The minimum absolute atomic E-state index is 0.0265. The largest absolute Gasteiger partial charge is 0.493 e. The molecular weight excluding hydrogens is 439 g/mol. The van der Waals surface area contributed by atoms with Gasteiger partial charge < -0.3 is 4.74 Å². The topological polar surface area (TPSA) is 39.2 Å². The van der Waals surface area contributed by atoms with Crippen LogP contribution in [-0.4, -0.2) is 17.4 Å². The van der Waals surface area contributed by atoms with E-state index in [9.17, 15) is 18.0 Å². The SMILES string of the molecule is CCc1c(C(=O)CC2CCOc3ccccc32)cnc2c(-c3cc(F)cc(F)c3F)cccc12. The van der Waals surface area contributed by atoms with E-state index >= 15 is 0 Å². The molecule has 0 bridgehead atoms. The molecule has 34 heavy (non-hydrogen) atoms. The van der Waals surface area contributed by atoms with Crippen LogP contribution >= 0.6 is 0 Å². The summed E-state index contributed by atoms with van der Waals surface area (Å²) in [5, 5.41) is 0.669. The highest BCUT2D eigenvalue weighted by Crippen LogP contribution is 2.38. The van der Waals surface area contributed by atoms with Crippen LogP contribution in [-0.2, 0) is 6.42 Å². The van der Waals surface area contributed by atoms with Gasteiger partial charge in [0.2, 0.25) is 0 Å². The highest BCUT2D eigenvalue weighted by atomic mass is 19.2. The van der Waals surface area contributed by atoms with E-state index in [1.54, 1.807) is 18.2 Å². The lowest BCUT2D eigenvalue weighted by atomic mass is 9.86. The molecule has 0 amide bonds. The van der Waals surface area contributed by atoms with E-state index in [2.05, 4.69) is 4.98 Å². The Kier molecular flexibility index (Phi) is 5.82. The van der Waals surface area contributed by atoms with E-state index in [1.165, 1.54) is 6.20 Å². The molecule has 1 atom stereocenters. The Morgan fingerprint density at radius 3 is 2.71 bits per heavy atom. The molecule has 1 unspecified atom stereocenters. The van der Waals surface area contributed by atoms with Gasteiger partial charge in [0.15, 0.2) is 17.4 Å². The first-order chi connectivity index (χ1) is 16.5. The lowest BCUT2D eigenvalue weighted by Crippen LogP contribution is -2.18. The predicted octanol–water partition coefficient (Wildman–Crippen LogP) is 7.02. The Bertz CT molecular complexity index is 1420. The van der Waals surface area contributed by atoms with Crippen LogP contribution in [0.1, 0.15) is 47.2 Å². The third-order valence-corrected chi connectivity index (χ3v) is 6.46. The maximum Gasteiger partial charge on any atom is 0.166 e. The van der Waals surface area contributed by atoms with E-state index in [0.717, 1.165) is 29.4 Å². The van der Waals surface area contributed by atoms with Gasteiger partial charge in [0.25, 0.3) is 0 Å². The smallest absolute Gasteiger partial charge is 0.166 e. The number of ketones is 1. The summed E-state index contributed by atoms with van der Waals surface area (Å²) >= 11 is 0. The third-order valence-electron chi connectivity index (χ3n) is 6.46. The van der Waals surface area contributed by atoms with Gasteiger partial charge in [0.1, 0.15) is 11.6 Å². The van der Waals surface area contributed by atoms with Crippen molar-refractivity contribution in [2.24, 2.45) is 0 Å². The van der Waals surface area contributed by atoms with Crippen LogP contribution in [0.2, 0.25) is 0 Å². The normalized spacial score (nSPS) is 15.1. The fourth-order valence-electron chi connectivity index (χ4n) is 4.83. The maximum absolute atomic E-state index is 14.5. The van der Waals surface area contributed by atoms with Crippen LogP contribution in [0.3, 0.4) is 0 Å². The van der Waals surface area contributed by atoms with Gasteiger partial charge in [-0.2, -0.15) is 0 Å². The van der Waals surface area contributed by atoms with Crippen molar-refractivity contribution in [2.75, 3.05) is 6.61 Å². The molecule has 0 aliphatic carbocycles. The van der Waals surface area contributed by atoms with Crippen molar-refractivity contribution in [1.82, 2.24) is 4.98 Å². The van der Waals surface area contributed by atoms with Gasteiger partial charge >= 0.3 is 0 Å². The summed E-state index contributed by atoms with van der Waals surface area (Å²) in [6.45, 7) is 2.50. The number of aryl methyl sites for hydroxylation is 1. The predicted molar refractivity (Wildman–Crippen MR) is 125 cm³/mol. The number of pyridine rings is 1. The van der Waals surface area contributed by atoms with Gasteiger partial charge in [-0.05, 0) is 42.0 Å². The molecule has 3 aromatic carbocycles. The highest BCUT2D eigenvalue weighted by molar-refractivity contribution is 6.04. The number of rotatable bonds is 5. The molecule has 0 fully saturated rings. The van der Waals surface area contributed by atoms with Gasteiger partial charge in [-0.1, -0.05) is 43.3 Å². The summed E-state index contributed by atoms with van der Waals surface area (Å²) in [7, 11) is 0. The number of fused-ring (bicyclic) bond motifs is 2. The molecule has 1 aliphatic heterocycles. The average molecular weight is 461 g/mol. The molecule has 5 rings (SSSR count). The summed E-state index contributed by atoms with van der Waals surface area (Å²) in [6, 6.07) is 14.3. The van der Waals surface area contributed by atoms with Gasteiger partial charge in [0.05, 0.1) is 12.1 Å². The zero-order valence-corrected chi connectivity index (χ0v) is 18.6. The fourth-order valence-corrected chi connectivity index (χ4v) is 4.83. The third kappa shape index (κ3) is 3.83. The average Bonchev–Trinajstić information content (AvgIpc) is 2.85. The van der Waals surface area contributed by atoms with Crippen molar-refractivity contribution in [3.05, 3.63) is 94.9 Å². The molecular formula is C28H22F3NO2. The Labute approximate surface area is 195 Å². The van der Waals surface area contributed by atoms with E-state index in [1.807, 2.05) is 31.2 Å². The summed E-state index contributed by atoms with van der Waals surface area (Å²) in [5.74, 6) is -2.42. The van der Waals surface area contributed by atoms with Crippen LogP contribution in [0.15, 0.2) is 60.8 Å². The van der Waals surface area contributed by atoms with Gasteiger partial charge in [-0.15, -0.1) is 0 Å². The van der Waals surface area contributed by atoms with Crippen molar-refractivity contribution in [3.8, 4) is 16.9 Å². The zero-order chi connectivity index (χ0) is 23.8. The monoisotopic (exact) mass is 461 g/mol. The number of Topliss-reactive ketones (excluding diaryl/α,β-unsaturated/α-hetero) is 1. The molecule has 4 aromatic rings. The van der Waals surface area contributed by atoms with E-state index in [0.29, 0.717) is 42.0 Å². The molecule has 0 spiro atoms. The first-order valence-corrected chi connectivity index (χ1v) is 11.3. The number of para-hydroxylation sites is 2. The zero-order valence-electron chi connectivity index (χ0n) is 18.6. The summed E-state index contributed by atoms with van der Waals surface area (Å²) in [5.41, 5.74) is 2.81. The molecule has 6 heteroatoms.